The van der Waals surface area contributed by atoms with Crippen LogP contribution in [0.3, 0.4) is 0 Å². The van der Waals surface area contributed by atoms with Gasteiger partial charge in [-0.05, 0) is 34.2 Å². The molecule has 0 spiro atoms. The average Bonchev–Trinajstić information content (AvgIpc) is 3.07. The predicted octanol–water partition coefficient (Wildman–Crippen LogP) is 2.75. The van der Waals surface area contributed by atoms with Gasteiger partial charge >= 0.3 is 0 Å². The van der Waals surface area contributed by atoms with Gasteiger partial charge in [-0.25, -0.2) is 4.68 Å². The fourth-order valence-corrected chi connectivity index (χ4v) is 2.44. The van der Waals surface area contributed by atoms with E-state index in [4.69, 9.17) is 11.6 Å². The number of carbonyl (C=O) groups is 1. The van der Waals surface area contributed by atoms with Crippen molar-refractivity contribution in [3.8, 4) is 0 Å². The molecule has 0 aliphatic heterocycles. The van der Waals surface area contributed by atoms with Crippen molar-refractivity contribution in [3.05, 3.63) is 71.5 Å². The zero-order valence-corrected chi connectivity index (χ0v) is 12.9. The van der Waals surface area contributed by atoms with Crippen molar-refractivity contribution < 1.29 is 4.79 Å². The molecule has 0 aliphatic carbocycles. The Labute approximate surface area is 138 Å². The molecule has 23 heavy (non-hydrogen) atoms. The first-order chi connectivity index (χ1) is 11.2. The van der Waals surface area contributed by atoms with Crippen LogP contribution in [0.15, 0.2) is 60.9 Å². The van der Waals surface area contributed by atoms with Crippen LogP contribution in [0.25, 0.3) is 0 Å². The molecule has 3 aromatic rings. The Balaban J connectivity index is 1.82. The average molecular weight is 328 g/mol. The van der Waals surface area contributed by atoms with Crippen molar-refractivity contribution in [2.24, 2.45) is 0 Å². The van der Waals surface area contributed by atoms with Gasteiger partial charge in [0, 0.05) is 17.1 Å². The highest BCUT2D eigenvalue weighted by Gasteiger charge is 2.22. The summed E-state index contributed by atoms with van der Waals surface area (Å²) in [5.41, 5.74) is 1.66. The standard InChI is InChI=1S/C16H14ClN5O/c17-13-7-4-8-14(10-13)19-16(23)15(22-11-18-20-21-22)9-12-5-2-1-3-6-12/h1-8,10-11,15H,9H2,(H,19,23). The molecular formula is C16H14ClN5O. The molecule has 1 aromatic heterocycles. The molecule has 1 unspecified atom stereocenters. The van der Waals surface area contributed by atoms with Gasteiger partial charge in [0.05, 0.1) is 0 Å². The molecule has 1 N–H and O–H groups in total. The van der Waals surface area contributed by atoms with Crippen molar-refractivity contribution >= 4 is 23.2 Å². The minimum atomic E-state index is -0.550. The van der Waals surface area contributed by atoms with Gasteiger partial charge in [-0.3, -0.25) is 4.79 Å². The third-order valence-corrected chi connectivity index (χ3v) is 3.59. The molecule has 0 fully saturated rings. The Morgan fingerprint density at radius 1 is 1.17 bits per heavy atom. The molecule has 1 atom stereocenters. The van der Waals surface area contributed by atoms with Crippen LogP contribution in [0.5, 0.6) is 0 Å². The van der Waals surface area contributed by atoms with Gasteiger partial charge in [0.2, 0.25) is 5.91 Å². The summed E-state index contributed by atoms with van der Waals surface area (Å²) in [5, 5.41) is 14.5. The largest absolute Gasteiger partial charge is 0.324 e. The summed E-state index contributed by atoms with van der Waals surface area (Å²) in [6.07, 6.45) is 1.92. The first-order valence-corrected chi connectivity index (χ1v) is 7.43. The normalized spacial score (nSPS) is 11.9. The number of aromatic nitrogens is 4. The molecule has 0 saturated heterocycles. The predicted molar refractivity (Wildman–Crippen MR) is 87.1 cm³/mol. The topological polar surface area (TPSA) is 72.7 Å². The van der Waals surface area contributed by atoms with Crippen molar-refractivity contribution in [3.63, 3.8) is 0 Å². The molecule has 0 bridgehead atoms. The van der Waals surface area contributed by atoms with Gasteiger partial charge in [-0.1, -0.05) is 48.0 Å². The van der Waals surface area contributed by atoms with E-state index in [0.717, 1.165) is 5.56 Å². The highest BCUT2D eigenvalue weighted by Crippen LogP contribution is 2.19. The molecule has 2 aromatic carbocycles. The number of rotatable bonds is 5. The minimum absolute atomic E-state index is 0.205. The summed E-state index contributed by atoms with van der Waals surface area (Å²) < 4.78 is 1.45. The van der Waals surface area contributed by atoms with E-state index in [0.29, 0.717) is 17.1 Å². The lowest BCUT2D eigenvalue weighted by Gasteiger charge is -2.16. The van der Waals surface area contributed by atoms with Crippen LogP contribution < -0.4 is 5.32 Å². The van der Waals surface area contributed by atoms with Gasteiger partial charge < -0.3 is 5.32 Å². The number of nitrogens with zero attached hydrogens (tertiary/aromatic N) is 4. The lowest BCUT2D eigenvalue weighted by Crippen LogP contribution is -2.28. The highest BCUT2D eigenvalue weighted by atomic mass is 35.5. The summed E-state index contributed by atoms with van der Waals surface area (Å²) in [6, 6.07) is 16.2. The molecular weight excluding hydrogens is 314 g/mol. The summed E-state index contributed by atoms with van der Waals surface area (Å²) in [5.74, 6) is -0.205. The van der Waals surface area contributed by atoms with Crippen LogP contribution in [0, 0.1) is 0 Å². The third kappa shape index (κ3) is 3.92. The lowest BCUT2D eigenvalue weighted by molar-refractivity contribution is -0.119. The maximum absolute atomic E-state index is 12.7. The van der Waals surface area contributed by atoms with E-state index >= 15 is 0 Å². The molecule has 0 saturated carbocycles. The van der Waals surface area contributed by atoms with Gasteiger partial charge in [-0.2, -0.15) is 0 Å². The fraction of sp³-hybridized carbons (Fsp3) is 0.125. The smallest absolute Gasteiger partial charge is 0.249 e. The van der Waals surface area contributed by atoms with Gasteiger partial charge in [0.25, 0.3) is 0 Å². The van der Waals surface area contributed by atoms with Gasteiger partial charge in [0.15, 0.2) is 0 Å². The molecule has 0 radical (unpaired) electrons. The monoisotopic (exact) mass is 327 g/mol. The van der Waals surface area contributed by atoms with E-state index in [1.165, 1.54) is 11.0 Å². The molecule has 0 aliphatic rings. The van der Waals surface area contributed by atoms with E-state index < -0.39 is 6.04 Å². The number of nitrogens with one attached hydrogen (secondary N) is 1. The number of halogens is 1. The van der Waals surface area contributed by atoms with E-state index in [1.54, 1.807) is 24.3 Å². The van der Waals surface area contributed by atoms with Crippen molar-refractivity contribution in [2.75, 3.05) is 5.32 Å². The van der Waals surface area contributed by atoms with Crippen LogP contribution in [0.2, 0.25) is 5.02 Å². The van der Waals surface area contributed by atoms with E-state index in [1.807, 2.05) is 30.3 Å². The maximum atomic E-state index is 12.7. The molecule has 1 amide bonds. The number of hydrogen-bond acceptors (Lipinski definition) is 4. The number of carbonyl (C=O) groups excluding carboxylic acids is 1. The first kappa shape index (κ1) is 15.2. The summed E-state index contributed by atoms with van der Waals surface area (Å²) >= 11 is 5.95. The fourth-order valence-electron chi connectivity index (χ4n) is 2.25. The van der Waals surface area contributed by atoms with Gasteiger partial charge in [0.1, 0.15) is 12.4 Å². The van der Waals surface area contributed by atoms with Crippen molar-refractivity contribution in [2.45, 2.75) is 12.5 Å². The third-order valence-electron chi connectivity index (χ3n) is 3.35. The second-order valence-corrected chi connectivity index (χ2v) is 5.43. The summed E-state index contributed by atoms with van der Waals surface area (Å²) in [4.78, 5) is 12.7. The minimum Gasteiger partial charge on any atom is -0.324 e. The second kappa shape index (κ2) is 7.02. The Kier molecular flexibility index (Phi) is 4.63. The quantitative estimate of drug-likeness (QED) is 0.782. The molecule has 116 valence electrons. The van der Waals surface area contributed by atoms with E-state index in [2.05, 4.69) is 20.8 Å². The Morgan fingerprint density at radius 2 is 2.00 bits per heavy atom. The summed E-state index contributed by atoms with van der Waals surface area (Å²) in [7, 11) is 0. The Morgan fingerprint density at radius 3 is 2.70 bits per heavy atom. The molecule has 6 nitrogen and oxygen atoms in total. The first-order valence-electron chi connectivity index (χ1n) is 7.05. The second-order valence-electron chi connectivity index (χ2n) is 4.99. The number of tetrazole rings is 1. The lowest BCUT2D eigenvalue weighted by atomic mass is 10.1. The summed E-state index contributed by atoms with van der Waals surface area (Å²) in [6.45, 7) is 0. The molecule has 7 heteroatoms. The molecule has 3 rings (SSSR count). The van der Waals surface area contributed by atoms with Crippen LogP contribution in [-0.2, 0) is 11.2 Å². The Bertz CT molecular complexity index is 776. The Hall–Kier alpha value is -2.73. The van der Waals surface area contributed by atoms with Gasteiger partial charge in [-0.15, -0.1) is 5.10 Å². The zero-order valence-electron chi connectivity index (χ0n) is 12.1. The SMILES string of the molecule is O=C(Nc1cccc(Cl)c1)C(Cc1ccccc1)n1cnnn1. The molecule has 1 heterocycles. The van der Waals surface area contributed by atoms with E-state index in [9.17, 15) is 4.79 Å². The van der Waals surface area contributed by atoms with Crippen LogP contribution in [0.4, 0.5) is 5.69 Å². The number of hydrogen-bond donors (Lipinski definition) is 1. The maximum Gasteiger partial charge on any atom is 0.249 e. The number of benzene rings is 2. The highest BCUT2D eigenvalue weighted by molar-refractivity contribution is 6.30. The van der Waals surface area contributed by atoms with Crippen molar-refractivity contribution in [1.82, 2.24) is 20.2 Å². The number of anilines is 1. The van der Waals surface area contributed by atoms with Crippen LogP contribution in [0.1, 0.15) is 11.6 Å². The van der Waals surface area contributed by atoms with Crippen LogP contribution >= 0.6 is 11.6 Å². The van der Waals surface area contributed by atoms with Crippen molar-refractivity contribution in [1.29, 1.82) is 0 Å². The van der Waals surface area contributed by atoms with Crippen LogP contribution in [-0.4, -0.2) is 26.1 Å². The zero-order chi connectivity index (χ0) is 16.1. The van der Waals surface area contributed by atoms with E-state index in [-0.39, 0.29) is 5.91 Å². The number of amides is 1.